The molecule has 1 aliphatic heterocycles. The van der Waals surface area contributed by atoms with Gasteiger partial charge in [-0.3, -0.25) is 9.20 Å². The van der Waals surface area contributed by atoms with E-state index < -0.39 is 0 Å². The lowest BCUT2D eigenvalue weighted by Gasteiger charge is -2.29. The quantitative estimate of drug-likeness (QED) is 0.771. The summed E-state index contributed by atoms with van der Waals surface area (Å²) in [7, 11) is 0. The summed E-state index contributed by atoms with van der Waals surface area (Å²) in [6.07, 6.45) is 2.44. The molecule has 0 radical (unpaired) electrons. The minimum atomic E-state index is -0.0221. The van der Waals surface area contributed by atoms with Crippen LogP contribution in [0.1, 0.15) is 18.1 Å². The summed E-state index contributed by atoms with van der Waals surface area (Å²) in [4.78, 5) is 20.0. The highest BCUT2D eigenvalue weighted by Crippen LogP contribution is 2.22. The number of fused-ring (bicyclic) bond motifs is 1. The molecule has 0 aliphatic carbocycles. The second kappa shape index (κ2) is 7.40. The molecule has 1 saturated heterocycles. The van der Waals surface area contributed by atoms with E-state index in [0.717, 1.165) is 43.2 Å². The highest BCUT2D eigenvalue weighted by molar-refractivity contribution is 5.64. The molecule has 6 heteroatoms. The Morgan fingerprint density at radius 2 is 2.00 bits per heavy atom. The highest BCUT2D eigenvalue weighted by Gasteiger charge is 2.15. The van der Waals surface area contributed by atoms with Gasteiger partial charge in [-0.05, 0) is 37.1 Å². The molecule has 3 heterocycles. The Hall–Kier alpha value is -2.86. The van der Waals surface area contributed by atoms with Crippen LogP contribution in [-0.4, -0.2) is 35.7 Å². The lowest BCUT2D eigenvalue weighted by molar-refractivity contribution is 0.122. The van der Waals surface area contributed by atoms with E-state index in [1.807, 2.05) is 56.4 Å². The minimum Gasteiger partial charge on any atom is -0.378 e. The van der Waals surface area contributed by atoms with Gasteiger partial charge < -0.3 is 15.0 Å². The average molecular weight is 364 g/mol. The second-order valence-corrected chi connectivity index (χ2v) is 6.80. The molecule has 3 aromatic rings. The van der Waals surface area contributed by atoms with E-state index in [1.165, 1.54) is 0 Å². The zero-order chi connectivity index (χ0) is 18.8. The van der Waals surface area contributed by atoms with Crippen molar-refractivity contribution in [3.8, 4) is 0 Å². The minimum absolute atomic E-state index is 0.0221. The maximum Gasteiger partial charge on any atom is 0.263 e. The van der Waals surface area contributed by atoms with Crippen LogP contribution in [-0.2, 0) is 11.2 Å². The van der Waals surface area contributed by atoms with Crippen LogP contribution in [0.25, 0.3) is 5.65 Å². The molecule has 27 heavy (non-hydrogen) atoms. The van der Waals surface area contributed by atoms with E-state index in [9.17, 15) is 4.79 Å². The van der Waals surface area contributed by atoms with Crippen LogP contribution in [0.15, 0.2) is 47.4 Å². The van der Waals surface area contributed by atoms with Gasteiger partial charge in [0.15, 0.2) is 0 Å². The van der Waals surface area contributed by atoms with E-state index in [0.29, 0.717) is 23.4 Å². The van der Waals surface area contributed by atoms with Crippen LogP contribution in [0, 0.1) is 6.92 Å². The molecule has 0 bridgehead atoms. The standard InChI is InChI=1S/C21H24N4O2/c1-3-18-20(22-16-6-4-5-15(2)13-16)23-19-14-17(7-8-25(19)21(18)26)24-9-11-27-12-10-24/h4-8,13-14,22H,3,9-12H2,1-2H3. The van der Waals surface area contributed by atoms with Gasteiger partial charge in [0.2, 0.25) is 0 Å². The van der Waals surface area contributed by atoms with Gasteiger partial charge in [0.25, 0.3) is 5.56 Å². The Bertz CT molecular complexity index is 1020. The summed E-state index contributed by atoms with van der Waals surface area (Å²) in [5, 5.41) is 3.34. The smallest absolute Gasteiger partial charge is 0.263 e. The number of hydrogen-bond donors (Lipinski definition) is 1. The number of rotatable bonds is 4. The van der Waals surface area contributed by atoms with Gasteiger partial charge in [0.1, 0.15) is 11.5 Å². The summed E-state index contributed by atoms with van der Waals surface area (Å²) in [6, 6.07) is 12.0. The van der Waals surface area contributed by atoms with Crippen LogP contribution in [0.4, 0.5) is 17.2 Å². The molecule has 1 aromatic carbocycles. The number of aromatic nitrogens is 2. The summed E-state index contributed by atoms with van der Waals surface area (Å²) < 4.78 is 7.06. The third-order valence-electron chi connectivity index (χ3n) is 4.92. The molecule has 0 unspecified atom stereocenters. The van der Waals surface area contributed by atoms with Crippen molar-refractivity contribution in [2.24, 2.45) is 0 Å². The maximum absolute atomic E-state index is 13.0. The van der Waals surface area contributed by atoms with E-state index in [-0.39, 0.29) is 5.56 Å². The highest BCUT2D eigenvalue weighted by atomic mass is 16.5. The van der Waals surface area contributed by atoms with Crippen molar-refractivity contribution in [2.45, 2.75) is 20.3 Å². The third kappa shape index (κ3) is 3.53. The molecular weight excluding hydrogens is 340 g/mol. The lowest BCUT2D eigenvalue weighted by Crippen LogP contribution is -2.36. The number of hydrogen-bond acceptors (Lipinski definition) is 5. The number of nitrogens with one attached hydrogen (secondary N) is 1. The summed E-state index contributed by atoms with van der Waals surface area (Å²) >= 11 is 0. The molecular formula is C21H24N4O2. The molecule has 1 aliphatic rings. The largest absolute Gasteiger partial charge is 0.378 e. The SMILES string of the molecule is CCc1c(Nc2cccc(C)c2)nc2cc(N3CCOCC3)ccn2c1=O. The first-order chi connectivity index (χ1) is 13.2. The third-order valence-corrected chi connectivity index (χ3v) is 4.92. The van der Waals surface area contributed by atoms with Crippen molar-refractivity contribution in [1.29, 1.82) is 0 Å². The Balaban J connectivity index is 1.78. The van der Waals surface area contributed by atoms with E-state index in [2.05, 4.69) is 10.2 Å². The zero-order valence-electron chi connectivity index (χ0n) is 15.7. The molecule has 1 fully saturated rings. The Kier molecular flexibility index (Phi) is 4.81. The summed E-state index contributed by atoms with van der Waals surface area (Å²) in [5.41, 5.74) is 4.47. The second-order valence-electron chi connectivity index (χ2n) is 6.80. The topological polar surface area (TPSA) is 58.9 Å². The molecule has 0 saturated carbocycles. The van der Waals surface area contributed by atoms with Crippen LogP contribution >= 0.6 is 0 Å². The van der Waals surface area contributed by atoms with Crippen LogP contribution < -0.4 is 15.8 Å². The molecule has 0 amide bonds. The first-order valence-electron chi connectivity index (χ1n) is 9.37. The van der Waals surface area contributed by atoms with Crippen LogP contribution in [0.3, 0.4) is 0 Å². The number of aryl methyl sites for hydroxylation is 1. The number of anilines is 3. The number of nitrogens with zero attached hydrogens (tertiary/aromatic N) is 3. The molecule has 0 atom stereocenters. The number of morpholine rings is 1. The van der Waals surface area contributed by atoms with Crippen molar-refractivity contribution in [3.05, 3.63) is 64.1 Å². The lowest BCUT2D eigenvalue weighted by atomic mass is 10.2. The fourth-order valence-electron chi connectivity index (χ4n) is 3.46. The van der Waals surface area contributed by atoms with Gasteiger partial charge in [-0.15, -0.1) is 0 Å². The van der Waals surface area contributed by atoms with Gasteiger partial charge in [-0.2, -0.15) is 0 Å². The molecule has 2 aromatic heterocycles. The monoisotopic (exact) mass is 364 g/mol. The molecule has 6 nitrogen and oxygen atoms in total. The average Bonchev–Trinajstić information content (AvgIpc) is 2.68. The van der Waals surface area contributed by atoms with E-state index in [1.54, 1.807) is 4.40 Å². The first-order valence-corrected chi connectivity index (χ1v) is 9.37. The molecule has 0 spiro atoms. The van der Waals surface area contributed by atoms with Crippen molar-refractivity contribution in [2.75, 3.05) is 36.5 Å². The summed E-state index contributed by atoms with van der Waals surface area (Å²) in [5.74, 6) is 0.632. The molecule has 140 valence electrons. The van der Waals surface area contributed by atoms with Gasteiger partial charge in [0.05, 0.1) is 18.8 Å². The van der Waals surface area contributed by atoms with Gasteiger partial charge in [-0.1, -0.05) is 19.1 Å². The fourth-order valence-corrected chi connectivity index (χ4v) is 3.46. The van der Waals surface area contributed by atoms with Crippen molar-refractivity contribution in [3.63, 3.8) is 0 Å². The van der Waals surface area contributed by atoms with Crippen molar-refractivity contribution < 1.29 is 4.74 Å². The Labute approximate surface area is 158 Å². The van der Waals surface area contributed by atoms with E-state index >= 15 is 0 Å². The van der Waals surface area contributed by atoms with Gasteiger partial charge in [0, 0.05) is 36.7 Å². The summed E-state index contributed by atoms with van der Waals surface area (Å²) in [6.45, 7) is 7.17. The molecule has 4 rings (SSSR count). The number of pyridine rings is 1. The predicted molar refractivity (Wildman–Crippen MR) is 108 cm³/mol. The van der Waals surface area contributed by atoms with Crippen LogP contribution in [0.2, 0.25) is 0 Å². The predicted octanol–water partition coefficient (Wildman–Crippen LogP) is 3.15. The number of ether oxygens (including phenoxy) is 1. The zero-order valence-corrected chi connectivity index (χ0v) is 15.7. The first kappa shape index (κ1) is 17.5. The Morgan fingerprint density at radius 1 is 1.19 bits per heavy atom. The van der Waals surface area contributed by atoms with Gasteiger partial charge in [-0.25, -0.2) is 4.98 Å². The number of benzene rings is 1. The van der Waals surface area contributed by atoms with Crippen molar-refractivity contribution >= 4 is 22.8 Å². The van der Waals surface area contributed by atoms with Crippen LogP contribution in [0.5, 0.6) is 0 Å². The normalized spacial score (nSPS) is 14.5. The van der Waals surface area contributed by atoms with Gasteiger partial charge >= 0.3 is 0 Å². The van der Waals surface area contributed by atoms with E-state index in [4.69, 9.17) is 9.72 Å². The maximum atomic E-state index is 13.0. The molecule has 1 N–H and O–H groups in total. The van der Waals surface area contributed by atoms with Crippen molar-refractivity contribution in [1.82, 2.24) is 9.38 Å². The Morgan fingerprint density at radius 3 is 2.74 bits per heavy atom. The fraction of sp³-hybridized carbons (Fsp3) is 0.333.